The normalized spacial score (nSPS) is 13.9. The van der Waals surface area contributed by atoms with E-state index in [1.807, 2.05) is 36.4 Å². The van der Waals surface area contributed by atoms with E-state index in [-0.39, 0.29) is 18.2 Å². The van der Waals surface area contributed by atoms with Crippen molar-refractivity contribution >= 4 is 17.5 Å². The van der Waals surface area contributed by atoms with Crippen LogP contribution < -0.4 is 9.64 Å². The van der Waals surface area contributed by atoms with E-state index in [1.165, 1.54) is 0 Å². The summed E-state index contributed by atoms with van der Waals surface area (Å²) in [5, 5.41) is 0. The number of carbonyl (C=O) groups excluding carboxylic acids is 2. The predicted molar refractivity (Wildman–Crippen MR) is 112 cm³/mol. The summed E-state index contributed by atoms with van der Waals surface area (Å²) in [6, 6.07) is 11.8. The highest BCUT2D eigenvalue weighted by atomic mass is 16.5. The highest BCUT2D eigenvalue weighted by Crippen LogP contribution is 2.28. The van der Waals surface area contributed by atoms with Gasteiger partial charge in [0.15, 0.2) is 0 Å². The van der Waals surface area contributed by atoms with Crippen molar-refractivity contribution in [1.82, 2.24) is 14.8 Å². The van der Waals surface area contributed by atoms with Gasteiger partial charge >= 0.3 is 0 Å². The van der Waals surface area contributed by atoms with Crippen LogP contribution in [0.5, 0.6) is 5.75 Å². The Kier molecular flexibility index (Phi) is 7.05. The smallest absolute Gasteiger partial charge is 0.232 e. The Labute approximate surface area is 171 Å². The first-order valence-electron chi connectivity index (χ1n) is 9.87. The molecule has 3 rings (SSSR count). The van der Waals surface area contributed by atoms with Crippen LogP contribution in [0.4, 0.5) is 5.69 Å². The number of anilines is 1. The number of methoxy groups -OCH3 is 1. The van der Waals surface area contributed by atoms with E-state index >= 15 is 0 Å². The lowest BCUT2D eigenvalue weighted by Crippen LogP contribution is -2.49. The van der Waals surface area contributed by atoms with Crippen LogP contribution in [-0.2, 0) is 16.0 Å². The zero-order chi connectivity index (χ0) is 20.6. The first-order valence-corrected chi connectivity index (χ1v) is 9.87. The summed E-state index contributed by atoms with van der Waals surface area (Å²) < 4.78 is 5.43. The molecule has 1 aliphatic heterocycles. The molecule has 0 unspecified atom stereocenters. The van der Waals surface area contributed by atoms with Crippen molar-refractivity contribution in [2.45, 2.75) is 12.8 Å². The lowest BCUT2D eigenvalue weighted by atomic mass is 10.2. The monoisotopic (exact) mass is 396 g/mol. The molecule has 7 heteroatoms. The number of hydrogen-bond acceptors (Lipinski definition) is 5. The van der Waals surface area contributed by atoms with Gasteiger partial charge in [0, 0.05) is 52.2 Å². The van der Waals surface area contributed by atoms with Crippen LogP contribution in [0.1, 0.15) is 12.0 Å². The van der Waals surface area contributed by atoms with Gasteiger partial charge in [-0.2, -0.15) is 0 Å². The van der Waals surface area contributed by atoms with Crippen LogP contribution in [0.15, 0.2) is 48.8 Å². The highest BCUT2D eigenvalue weighted by molar-refractivity contribution is 5.96. The van der Waals surface area contributed by atoms with Gasteiger partial charge in [0.1, 0.15) is 12.2 Å². The van der Waals surface area contributed by atoms with Gasteiger partial charge in [-0.15, -0.1) is 0 Å². The first kappa shape index (κ1) is 20.6. The SMILES string of the molecule is COc1ccccc1N1CCN(C(=O)CC(=O)N(C)CCc2ccncc2)CC1. The van der Waals surface area contributed by atoms with E-state index in [1.54, 1.807) is 36.4 Å². The van der Waals surface area contributed by atoms with Crippen LogP contribution in [0.3, 0.4) is 0 Å². The number of carbonyl (C=O) groups is 2. The van der Waals surface area contributed by atoms with Gasteiger partial charge in [-0.05, 0) is 36.2 Å². The Morgan fingerprint density at radius 3 is 2.45 bits per heavy atom. The van der Waals surface area contributed by atoms with Gasteiger partial charge in [-0.3, -0.25) is 14.6 Å². The Morgan fingerprint density at radius 2 is 1.76 bits per heavy atom. The summed E-state index contributed by atoms with van der Waals surface area (Å²) in [6.07, 6.45) is 4.15. The molecule has 0 bridgehead atoms. The third-order valence-electron chi connectivity index (χ3n) is 5.27. The number of pyridine rings is 1. The second-order valence-electron chi connectivity index (χ2n) is 7.14. The molecule has 1 saturated heterocycles. The van der Waals surface area contributed by atoms with Crippen LogP contribution in [0, 0.1) is 0 Å². The summed E-state index contributed by atoms with van der Waals surface area (Å²) in [6.45, 7) is 3.23. The van der Waals surface area contributed by atoms with Crippen LogP contribution in [0.2, 0.25) is 0 Å². The molecule has 7 nitrogen and oxygen atoms in total. The number of benzene rings is 1. The largest absolute Gasteiger partial charge is 0.495 e. The van der Waals surface area contributed by atoms with E-state index < -0.39 is 0 Å². The minimum absolute atomic E-state index is 0.0818. The fourth-order valence-corrected chi connectivity index (χ4v) is 3.43. The summed E-state index contributed by atoms with van der Waals surface area (Å²) in [5.74, 6) is 0.583. The second kappa shape index (κ2) is 9.91. The Morgan fingerprint density at radius 1 is 1.07 bits per heavy atom. The van der Waals surface area contributed by atoms with Crippen molar-refractivity contribution in [2.24, 2.45) is 0 Å². The number of nitrogens with zero attached hydrogens (tertiary/aromatic N) is 4. The molecule has 1 aromatic heterocycles. The van der Waals surface area contributed by atoms with E-state index in [2.05, 4.69) is 9.88 Å². The van der Waals surface area contributed by atoms with Gasteiger partial charge in [0.2, 0.25) is 11.8 Å². The maximum Gasteiger partial charge on any atom is 0.232 e. The molecule has 2 aromatic rings. The van der Waals surface area contributed by atoms with Crippen molar-refractivity contribution in [3.05, 3.63) is 54.4 Å². The van der Waals surface area contributed by atoms with E-state index in [9.17, 15) is 9.59 Å². The zero-order valence-electron chi connectivity index (χ0n) is 17.1. The van der Waals surface area contributed by atoms with Gasteiger partial charge in [-0.1, -0.05) is 12.1 Å². The molecular weight excluding hydrogens is 368 g/mol. The Balaban J connectivity index is 1.46. The van der Waals surface area contributed by atoms with Gasteiger partial charge in [0.25, 0.3) is 0 Å². The number of para-hydroxylation sites is 2. The third kappa shape index (κ3) is 5.47. The summed E-state index contributed by atoms with van der Waals surface area (Å²) in [7, 11) is 3.41. The number of hydrogen-bond donors (Lipinski definition) is 0. The van der Waals surface area contributed by atoms with Gasteiger partial charge < -0.3 is 19.4 Å². The van der Waals surface area contributed by atoms with Crippen molar-refractivity contribution < 1.29 is 14.3 Å². The Bertz CT molecular complexity index is 820. The molecular formula is C22H28N4O3. The molecule has 0 aliphatic carbocycles. The average Bonchev–Trinajstić information content (AvgIpc) is 2.78. The van der Waals surface area contributed by atoms with E-state index in [4.69, 9.17) is 4.74 Å². The average molecular weight is 396 g/mol. The molecule has 2 heterocycles. The fraction of sp³-hybridized carbons (Fsp3) is 0.409. The molecule has 0 N–H and O–H groups in total. The van der Waals surface area contributed by atoms with E-state index in [0.29, 0.717) is 19.6 Å². The van der Waals surface area contributed by atoms with Gasteiger partial charge in [0.05, 0.1) is 12.8 Å². The molecule has 29 heavy (non-hydrogen) atoms. The molecule has 1 aromatic carbocycles. The topological polar surface area (TPSA) is 66.0 Å². The molecule has 1 fully saturated rings. The maximum atomic E-state index is 12.6. The molecule has 2 amide bonds. The zero-order valence-corrected chi connectivity index (χ0v) is 17.1. The molecule has 1 aliphatic rings. The van der Waals surface area contributed by atoms with Crippen LogP contribution in [-0.4, -0.2) is 73.5 Å². The molecule has 0 atom stereocenters. The second-order valence-corrected chi connectivity index (χ2v) is 7.14. The number of piperazine rings is 1. The van der Waals surface area contributed by atoms with Crippen molar-refractivity contribution in [2.75, 3.05) is 51.8 Å². The molecule has 154 valence electrons. The standard InChI is InChI=1S/C22H28N4O3/c1-24(12-9-18-7-10-23-11-8-18)21(27)17-22(28)26-15-13-25(14-16-26)19-5-3-4-6-20(19)29-2/h3-8,10-11H,9,12-17H2,1-2H3. The number of likely N-dealkylation sites (N-methyl/N-ethyl adjacent to an activating group) is 1. The fourth-order valence-electron chi connectivity index (χ4n) is 3.43. The summed E-state index contributed by atoms with van der Waals surface area (Å²) in [5.41, 5.74) is 2.16. The Hall–Kier alpha value is -3.09. The minimum Gasteiger partial charge on any atom is -0.495 e. The number of ether oxygens (including phenoxy) is 1. The lowest BCUT2D eigenvalue weighted by molar-refractivity contribution is -0.140. The first-order chi connectivity index (χ1) is 14.1. The maximum absolute atomic E-state index is 12.6. The molecule has 0 spiro atoms. The van der Waals surface area contributed by atoms with Gasteiger partial charge in [-0.25, -0.2) is 0 Å². The van der Waals surface area contributed by atoms with Crippen molar-refractivity contribution in [1.29, 1.82) is 0 Å². The lowest BCUT2D eigenvalue weighted by Gasteiger charge is -2.36. The van der Waals surface area contributed by atoms with Crippen molar-refractivity contribution in [3.8, 4) is 5.75 Å². The molecule has 0 radical (unpaired) electrons. The summed E-state index contributed by atoms with van der Waals surface area (Å²) in [4.78, 5) is 34.6. The quantitative estimate of drug-likeness (QED) is 0.668. The van der Waals surface area contributed by atoms with Crippen LogP contribution in [0.25, 0.3) is 0 Å². The molecule has 0 saturated carbocycles. The third-order valence-corrected chi connectivity index (χ3v) is 5.27. The number of amides is 2. The summed E-state index contributed by atoms with van der Waals surface area (Å²) >= 11 is 0. The number of aromatic nitrogens is 1. The number of rotatable bonds is 7. The highest BCUT2D eigenvalue weighted by Gasteiger charge is 2.25. The van der Waals surface area contributed by atoms with Crippen LogP contribution >= 0.6 is 0 Å². The minimum atomic E-state index is -0.142. The van der Waals surface area contributed by atoms with E-state index in [0.717, 1.165) is 36.5 Å². The predicted octanol–water partition coefficient (Wildman–Crippen LogP) is 1.83. The van der Waals surface area contributed by atoms with Crippen molar-refractivity contribution in [3.63, 3.8) is 0 Å².